The fraction of sp³-hybridized carbons (Fsp3) is 0.200. The van der Waals surface area contributed by atoms with Gasteiger partial charge < -0.3 is 4.57 Å². The van der Waals surface area contributed by atoms with Crippen LogP contribution in [0.1, 0.15) is 29.4 Å². The topological polar surface area (TPSA) is 73.8 Å². The molecule has 0 saturated carbocycles. The summed E-state index contributed by atoms with van der Waals surface area (Å²) in [6.07, 6.45) is 1.75. The average Bonchev–Trinajstić information content (AvgIpc) is 3.12. The summed E-state index contributed by atoms with van der Waals surface area (Å²) >= 11 is 1.31. The van der Waals surface area contributed by atoms with E-state index in [0.29, 0.717) is 5.17 Å². The third-order valence-corrected chi connectivity index (χ3v) is 5.51. The molecule has 1 aromatic heterocycles. The van der Waals surface area contributed by atoms with Crippen LogP contribution in [-0.2, 0) is 4.79 Å². The summed E-state index contributed by atoms with van der Waals surface area (Å²) in [6.45, 7) is 7.97. The lowest BCUT2D eigenvalue weighted by Crippen LogP contribution is -2.35. The van der Waals surface area contributed by atoms with Crippen LogP contribution in [0.25, 0.3) is 11.8 Å². The summed E-state index contributed by atoms with van der Waals surface area (Å²) in [7, 11) is 0. The summed E-state index contributed by atoms with van der Waals surface area (Å²) in [4.78, 5) is 16.6. The molecule has 2 aliphatic rings. The van der Waals surface area contributed by atoms with E-state index in [1.165, 1.54) is 22.3 Å². The molecule has 1 N–H and O–H groups in total. The molecule has 0 saturated heterocycles. The van der Waals surface area contributed by atoms with Crippen molar-refractivity contribution in [3.8, 4) is 5.69 Å². The summed E-state index contributed by atoms with van der Waals surface area (Å²) < 4.78 is 2.17. The lowest BCUT2D eigenvalue weighted by atomic mass is 10.1. The van der Waals surface area contributed by atoms with Gasteiger partial charge in [-0.15, -0.1) is 0 Å². The van der Waals surface area contributed by atoms with E-state index in [4.69, 9.17) is 5.41 Å². The van der Waals surface area contributed by atoms with E-state index in [1.54, 1.807) is 6.08 Å². The molecule has 27 heavy (non-hydrogen) atoms. The van der Waals surface area contributed by atoms with Crippen molar-refractivity contribution in [2.75, 3.05) is 0 Å². The molecular formula is C20H19N5OS. The molecule has 0 aliphatic carbocycles. The zero-order valence-corrected chi connectivity index (χ0v) is 16.4. The summed E-state index contributed by atoms with van der Waals surface area (Å²) in [6, 6.07) is 10.2. The maximum absolute atomic E-state index is 12.5. The Hall–Kier alpha value is -2.93. The van der Waals surface area contributed by atoms with Gasteiger partial charge in [0, 0.05) is 17.1 Å². The largest absolute Gasteiger partial charge is 0.318 e. The van der Waals surface area contributed by atoms with Gasteiger partial charge in [-0.05, 0) is 68.8 Å². The molecule has 6 nitrogen and oxygen atoms in total. The number of hydrazone groups is 1. The number of benzene rings is 1. The molecule has 2 aliphatic heterocycles. The number of amidine groups is 2. The number of aromatic nitrogens is 1. The molecule has 1 aromatic carbocycles. The van der Waals surface area contributed by atoms with E-state index >= 15 is 0 Å². The van der Waals surface area contributed by atoms with Crippen LogP contribution in [0.2, 0.25) is 0 Å². The van der Waals surface area contributed by atoms with Crippen molar-refractivity contribution in [3.05, 3.63) is 58.4 Å². The van der Waals surface area contributed by atoms with Crippen LogP contribution in [0.15, 0.2) is 46.0 Å². The highest BCUT2D eigenvalue weighted by Gasteiger charge is 2.34. The van der Waals surface area contributed by atoms with Crippen LogP contribution in [0.5, 0.6) is 0 Å². The standard InChI is InChI=1S/C20H19N5OS/c1-11-7-5-6-8-17(11)24-12(2)9-15(13(24)3)10-16-18(21)25-20(22-19(16)26)27-14(4)23-25/h5-10,21H,1-4H3. The van der Waals surface area contributed by atoms with Gasteiger partial charge in [-0.2, -0.15) is 15.1 Å². The molecule has 0 radical (unpaired) electrons. The number of fused-ring (bicyclic) bond motifs is 1. The first-order chi connectivity index (χ1) is 12.9. The highest BCUT2D eigenvalue weighted by Crippen LogP contribution is 2.30. The lowest BCUT2D eigenvalue weighted by molar-refractivity contribution is -0.114. The number of rotatable bonds is 2. The summed E-state index contributed by atoms with van der Waals surface area (Å²) in [5.74, 6) is -0.334. The van der Waals surface area contributed by atoms with Crippen LogP contribution >= 0.6 is 11.8 Å². The molecule has 0 bridgehead atoms. The Bertz CT molecular complexity index is 1090. The number of hydrogen-bond acceptors (Lipinski definition) is 4. The molecular weight excluding hydrogens is 358 g/mol. The van der Waals surface area contributed by atoms with Gasteiger partial charge in [-0.25, -0.2) is 0 Å². The minimum absolute atomic E-state index is 0.0649. The first-order valence-electron chi connectivity index (χ1n) is 8.58. The Morgan fingerprint density at radius 1 is 1.15 bits per heavy atom. The quantitative estimate of drug-likeness (QED) is 0.803. The van der Waals surface area contributed by atoms with Crippen LogP contribution < -0.4 is 0 Å². The molecule has 0 spiro atoms. The van der Waals surface area contributed by atoms with Crippen molar-refractivity contribution in [3.63, 3.8) is 0 Å². The maximum Gasteiger partial charge on any atom is 0.283 e. The highest BCUT2D eigenvalue weighted by atomic mass is 32.2. The molecule has 136 valence electrons. The number of aliphatic imine (C=N–C) groups is 1. The molecule has 2 aromatic rings. The Morgan fingerprint density at radius 2 is 1.89 bits per heavy atom. The number of thioether (sulfide) groups is 1. The van der Waals surface area contributed by atoms with Crippen molar-refractivity contribution < 1.29 is 4.79 Å². The van der Waals surface area contributed by atoms with Gasteiger partial charge in [0.25, 0.3) is 5.91 Å². The van der Waals surface area contributed by atoms with Gasteiger partial charge >= 0.3 is 0 Å². The van der Waals surface area contributed by atoms with Gasteiger partial charge in [-0.3, -0.25) is 10.2 Å². The van der Waals surface area contributed by atoms with E-state index in [9.17, 15) is 4.79 Å². The SMILES string of the molecule is CC1=NN2C(=N)C(=Cc3cc(C)n(-c4ccccc4C)c3C)C(=O)N=C2S1. The summed E-state index contributed by atoms with van der Waals surface area (Å²) in [5.41, 5.74) is 5.52. The molecule has 0 unspecified atom stereocenters. The first kappa shape index (κ1) is 17.5. The second-order valence-electron chi connectivity index (χ2n) is 6.59. The lowest BCUT2D eigenvalue weighted by Gasteiger charge is -2.20. The third kappa shape index (κ3) is 2.84. The molecule has 7 heteroatoms. The zero-order valence-electron chi connectivity index (χ0n) is 15.6. The monoisotopic (exact) mass is 377 g/mol. The number of nitrogens with one attached hydrogen (secondary N) is 1. The second kappa shape index (κ2) is 6.35. The smallest absolute Gasteiger partial charge is 0.283 e. The van der Waals surface area contributed by atoms with Gasteiger partial charge in [-0.1, -0.05) is 18.2 Å². The number of aryl methyl sites for hydroxylation is 2. The predicted octanol–water partition coefficient (Wildman–Crippen LogP) is 4.04. The fourth-order valence-corrected chi connectivity index (χ4v) is 4.10. The van der Waals surface area contributed by atoms with Crippen LogP contribution in [0, 0.1) is 26.2 Å². The number of para-hydroxylation sites is 1. The van der Waals surface area contributed by atoms with E-state index in [1.807, 2.05) is 39.0 Å². The van der Waals surface area contributed by atoms with Crippen molar-refractivity contribution in [2.24, 2.45) is 10.1 Å². The third-order valence-electron chi connectivity index (χ3n) is 4.68. The number of amides is 1. The van der Waals surface area contributed by atoms with Gasteiger partial charge in [0.05, 0.1) is 10.6 Å². The van der Waals surface area contributed by atoms with Gasteiger partial charge in [0.1, 0.15) is 0 Å². The number of carbonyl (C=O) groups excluding carboxylic acids is 1. The van der Waals surface area contributed by atoms with Gasteiger partial charge in [0.15, 0.2) is 5.84 Å². The van der Waals surface area contributed by atoms with E-state index in [2.05, 4.69) is 33.7 Å². The van der Waals surface area contributed by atoms with E-state index in [0.717, 1.165) is 27.7 Å². The fourth-order valence-electron chi connectivity index (χ4n) is 3.36. The Kier molecular flexibility index (Phi) is 4.11. The molecule has 0 fully saturated rings. The van der Waals surface area contributed by atoms with Crippen LogP contribution in [0.4, 0.5) is 0 Å². The van der Waals surface area contributed by atoms with Crippen molar-refractivity contribution in [2.45, 2.75) is 27.7 Å². The number of nitrogens with zero attached hydrogens (tertiary/aromatic N) is 4. The Morgan fingerprint density at radius 3 is 2.63 bits per heavy atom. The minimum Gasteiger partial charge on any atom is -0.318 e. The second-order valence-corrected chi connectivity index (χ2v) is 7.75. The van der Waals surface area contributed by atoms with Crippen molar-refractivity contribution in [1.82, 2.24) is 9.58 Å². The first-order valence-corrected chi connectivity index (χ1v) is 9.40. The molecule has 1 amide bonds. The van der Waals surface area contributed by atoms with Crippen LogP contribution in [-0.4, -0.2) is 31.5 Å². The molecule has 4 rings (SSSR count). The normalized spacial score (nSPS) is 18.1. The summed E-state index contributed by atoms with van der Waals surface area (Å²) in [5, 5.41) is 15.3. The van der Waals surface area contributed by atoms with Crippen LogP contribution in [0.3, 0.4) is 0 Å². The minimum atomic E-state index is -0.399. The number of carbonyl (C=O) groups is 1. The average molecular weight is 377 g/mol. The van der Waals surface area contributed by atoms with Crippen molar-refractivity contribution >= 4 is 39.8 Å². The predicted molar refractivity (Wildman–Crippen MR) is 111 cm³/mol. The Labute approximate surface area is 161 Å². The molecule has 0 atom stereocenters. The Balaban J connectivity index is 1.80. The number of hydrogen-bond donors (Lipinski definition) is 1. The van der Waals surface area contributed by atoms with E-state index < -0.39 is 5.91 Å². The van der Waals surface area contributed by atoms with E-state index in [-0.39, 0.29) is 11.4 Å². The molecule has 3 heterocycles. The highest BCUT2D eigenvalue weighted by molar-refractivity contribution is 8.26. The zero-order chi connectivity index (χ0) is 19.3. The maximum atomic E-state index is 12.5. The van der Waals surface area contributed by atoms with Crippen molar-refractivity contribution in [1.29, 1.82) is 5.41 Å². The van der Waals surface area contributed by atoms with Gasteiger partial charge in [0.2, 0.25) is 5.17 Å².